The van der Waals surface area contributed by atoms with Crippen molar-refractivity contribution >= 4 is 31.5 Å². The molecule has 2 heterocycles. The molecule has 3 nitrogen and oxygen atoms in total. The fourth-order valence-electron chi connectivity index (χ4n) is 9.68. The van der Waals surface area contributed by atoms with E-state index in [1.165, 1.54) is 59.1 Å². The quantitative estimate of drug-likeness (QED) is 0.161. The average Bonchev–Trinajstić information content (AvgIpc) is 3.89. The van der Waals surface area contributed by atoms with Gasteiger partial charge in [-0.05, 0) is 67.8 Å². The first-order chi connectivity index (χ1) is 30.7. The van der Waals surface area contributed by atoms with Crippen LogP contribution in [0.1, 0.15) is 22.3 Å². The Labute approximate surface area is 364 Å². The zero-order chi connectivity index (χ0) is 41.0. The lowest BCUT2D eigenvalue weighted by molar-refractivity contribution is 0.768. The van der Waals surface area contributed by atoms with Gasteiger partial charge < -0.3 is 0 Å². The number of benzene rings is 9. The molecule has 0 radical (unpaired) electrons. The summed E-state index contributed by atoms with van der Waals surface area (Å²) in [5.41, 5.74) is 14.1. The van der Waals surface area contributed by atoms with E-state index < -0.39 is 5.41 Å². The first-order valence-electron chi connectivity index (χ1n) is 21.0. The second-order valence-electron chi connectivity index (χ2n) is 15.9. The first-order valence-corrected chi connectivity index (χ1v) is 21.8. The van der Waals surface area contributed by atoms with Crippen LogP contribution in [0, 0.1) is 0 Å². The van der Waals surface area contributed by atoms with E-state index in [1.54, 1.807) is 0 Å². The summed E-state index contributed by atoms with van der Waals surface area (Å²) in [6.45, 7) is 0. The Bertz CT molecular complexity index is 3410. The highest BCUT2D eigenvalue weighted by atomic mass is 32.1. The molecule has 0 amide bonds. The summed E-state index contributed by atoms with van der Waals surface area (Å²) in [5.74, 6) is 1.89. The summed E-state index contributed by atoms with van der Waals surface area (Å²) in [7, 11) is 0. The van der Waals surface area contributed by atoms with Crippen molar-refractivity contribution in [2.24, 2.45) is 0 Å². The van der Waals surface area contributed by atoms with Crippen LogP contribution < -0.4 is 0 Å². The van der Waals surface area contributed by atoms with Crippen LogP contribution in [0.5, 0.6) is 0 Å². The molecule has 11 aromatic rings. The number of fused-ring (bicyclic) bond motifs is 6. The summed E-state index contributed by atoms with van der Waals surface area (Å²) < 4.78 is 2.57. The summed E-state index contributed by atoms with van der Waals surface area (Å²) in [6, 6.07) is 80.3. The topological polar surface area (TPSA) is 38.7 Å². The molecule has 1 aliphatic carbocycles. The lowest BCUT2D eigenvalue weighted by Crippen LogP contribution is -2.28. The van der Waals surface area contributed by atoms with E-state index in [4.69, 9.17) is 15.0 Å². The van der Waals surface area contributed by atoms with Crippen molar-refractivity contribution in [2.75, 3.05) is 0 Å². The second-order valence-corrected chi connectivity index (χ2v) is 16.9. The Morgan fingerprint density at radius 1 is 0.323 bits per heavy atom. The largest absolute Gasteiger partial charge is 0.208 e. The molecule has 0 fully saturated rings. The van der Waals surface area contributed by atoms with Crippen LogP contribution in [0.4, 0.5) is 0 Å². The van der Waals surface area contributed by atoms with Crippen LogP contribution in [0.2, 0.25) is 0 Å². The summed E-state index contributed by atoms with van der Waals surface area (Å²) in [5, 5.41) is 2.56. The predicted octanol–water partition coefficient (Wildman–Crippen LogP) is 14.9. The summed E-state index contributed by atoms with van der Waals surface area (Å²) in [6.07, 6.45) is 0. The van der Waals surface area contributed by atoms with E-state index in [0.717, 1.165) is 33.4 Å². The van der Waals surface area contributed by atoms with Gasteiger partial charge in [-0.15, -0.1) is 11.3 Å². The molecule has 2 aromatic heterocycles. The lowest BCUT2D eigenvalue weighted by atomic mass is 9.67. The van der Waals surface area contributed by atoms with Gasteiger partial charge in [-0.3, -0.25) is 0 Å². The third-order valence-corrected chi connectivity index (χ3v) is 13.7. The smallest absolute Gasteiger partial charge is 0.164 e. The minimum atomic E-state index is -0.543. The average molecular weight is 808 g/mol. The van der Waals surface area contributed by atoms with Gasteiger partial charge in [-0.25, -0.2) is 15.0 Å². The third kappa shape index (κ3) is 5.76. The molecule has 0 unspecified atom stereocenters. The van der Waals surface area contributed by atoms with Crippen molar-refractivity contribution in [3.63, 3.8) is 0 Å². The van der Waals surface area contributed by atoms with Crippen molar-refractivity contribution in [2.45, 2.75) is 5.41 Å². The number of nitrogens with zero attached hydrogens (tertiary/aromatic N) is 3. The molecule has 0 N–H and O–H groups in total. The molecular formula is C58H37N3S. The van der Waals surface area contributed by atoms with Crippen molar-refractivity contribution < 1.29 is 0 Å². The minimum absolute atomic E-state index is 0.543. The predicted molar refractivity (Wildman–Crippen MR) is 257 cm³/mol. The molecule has 0 spiro atoms. The van der Waals surface area contributed by atoms with E-state index in [2.05, 4.69) is 218 Å². The van der Waals surface area contributed by atoms with Crippen LogP contribution >= 0.6 is 11.3 Å². The van der Waals surface area contributed by atoms with Gasteiger partial charge in [-0.2, -0.15) is 0 Å². The van der Waals surface area contributed by atoms with Gasteiger partial charge >= 0.3 is 0 Å². The molecular weight excluding hydrogens is 771 g/mol. The van der Waals surface area contributed by atoms with Crippen molar-refractivity contribution in [1.29, 1.82) is 0 Å². The normalized spacial score (nSPS) is 12.6. The summed E-state index contributed by atoms with van der Waals surface area (Å²) >= 11 is 1.84. The summed E-state index contributed by atoms with van der Waals surface area (Å²) in [4.78, 5) is 16.1. The zero-order valence-corrected chi connectivity index (χ0v) is 34.4. The highest BCUT2D eigenvalue weighted by Crippen LogP contribution is 2.58. The number of thiophene rings is 1. The van der Waals surface area contributed by atoms with Gasteiger partial charge in [0.05, 0.1) is 5.41 Å². The maximum absolute atomic E-state index is 5.42. The molecule has 0 atom stereocenters. The van der Waals surface area contributed by atoms with E-state index in [1.807, 2.05) is 17.4 Å². The molecule has 290 valence electrons. The van der Waals surface area contributed by atoms with Crippen LogP contribution in [-0.4, -0.2) is 15.0 Å². The van der Waals surface area contributed by atoms with Crippen LogP contribution in [-0.2, 0) is 5.41 Å². The van der Waals surface area contributed by atoms with Crippen LogP contribution in [0.15, 0.2) is 224 Å². The SMILES string of the molecule is c1ccc(-c2ccc(-c3nc(-c4cccc(-c5cccc6c5sc5ccccc56)c4)nc(-c4cccc5c4-c4ccccc4C5(c4ccccc4)c4ccccc4)n3)cc2)cc1. The Morgan fingerprint density at radius 3 is 1.60 bits per heavy atom. The number of hydrogen-bond donors (Lipinski definition) is 0. The highest BCUT2D eigenvalue weighted by molar-refractivity contribution is 7.26. The highest BCUT2D eigenvalue weighted by Gasteiger charge is 2.47. The number of hydrogen-bond acceptors (Lipinski definition) is 4. The van der Waals surface area contributed by atoms with E-state index >= 15 is 0 Å². The Morgan fingerprint density at radius 2 is 0.823 bits per heavy atom. The molecule has 0 aliphatic heterocycles. The standard InChI is InChI=1S/C58H37N3S/c1-4-17-38(18-5-1)39-33-35-40(36-34-39)55-59-56(42-20-14-19-41(37-42)45-27-15-28-47-46-25-11-13-32-52(46)62-54(45)47)61-57(60-55)49-29-16-31-51-53(49)48-26-10-12-30-50(48)58(51,43-21-6-2-7-22-43)44-23-8-3-9-24-44/h1-37H. The molecule has 4 heteroatoms. The molecule has 12 rings (SSSR count). The first kappa shape index (κ1) is 36.1. The van der Waals surface area contributed by atoms with Crippen molar-refractivity contribution in [3.05, 3.63) is 247 Å². The number of rotatable bonds is 7. The Kier molecular flexibility index (Phi) is 8.58. The fourth-order valence-corrected chi connectivity index (χ4v) is 10.9. The number of aromatic nitrogens is 3. The van der Waals surface area contributed by atoms with Crippen molar-refractivity contribution in [3.8, 4) is 67.5 Å². The lowest BCUT2D eigenvalue weighted by Gasteiger charge is -2.33. The monoisotopic (exact) mass is 807 g/mol. The van der Waals surface area contributed by atoms with Gasteiger partial charge in [-0.1, -0.05) is 212 Å². The van der Waals surface area contributed by atoms with Crippen molar-refractivity contribution in [1.82, 2.24) is 15.0 Å². The fraction of sp³-hybridized carbons (Fsp3) is 0.0172. The maximum Gasteiger partial charge on any atom is 0.164 e. The van der Waals surface area contributed by atoms with Gasteiger partial charge in [0, 0.05) is 36.9 Å². The third-order valence-electron chi connectivity index (χ3n) is 12.4. The van der Waals surface area contributed by atoms with Gasteiger partial charge in [0.25, 0.3) is 0 Å². The minimum Gasteiger partial charge on any atom is -0.208 e. The van der Waals surface area contributed by atoms with E-state index in [9.17, 15) is 0 Å². The second kappa shape index (κ2) is 14.7. The molecule has 9 aromatic carbocycles. The molecule has 1 aliphatic rings. The van der Waals surface area contributed by atoms with Crippen LogP contribution in [0.3, 0.4) is 0 Å². The maximum atomic E-state index is 5.42. The van der Waals surface area contributed by atoms with E-state index in [0.29, 0.717) is 17.5 Å². The van der Waals surface area contributed by atoms with Gasteiger partial charge in [0.1, 0.15) is 0 Å². The van der Waals surface area contributed by atoms with Gasteiger partial charge in [0.15, 0.2) is 17.5 Å². The van der Waals surface area contributed by atoms with Gasteiger partial charge in [0.2, 0.25) is 0 Å². The zero-order valence-electron chi connectivity index (χ0n) is 33.6. The molecule has 0 bridgehead atoms. The molecule has 0 saturated carbocycles. The Hall–Kier alpha value is -7.79. The molecule has 62 heavy (non-hydrogen) atoms. The van der Waals surface area contributed by atoms with Crippen LogP contribution in [0.25, 0.3) is 87.7 Å². The Balaban J connectivity index is 1.08. The molecule has 0 saturated heterocycles. The van der Waals surface area contributed by atoms with E-state index in [-0.39, 0.29) is 0 Å².